The first-order chi connectivity index (χ1) is 6.27. The molecule has 0 amide bonds. The van der Waals surface area contributed by atoms with E-state index in [9.17, 15) is 0 Å². The van der Waals surface area contributed by atoms with Crippen LogP contribution >= 0.6 is 0 Å². The highest BCUT2D eigenvalue weighted by molar-refractivity contribution is 5.73. The maximum absolute atomic E-state index is 5.53. The van der Waals surface area contributed by atoms with E-state index in [1.165, 1.54) is 12.8 Å². The fourth-order valence-corrected chi connectivity index (χ4v) is 2.30. The van der Waals surface area contributed by atoms with Crippen molar-refractivity contribution in [1.82, 2.24) is 0 Å². The van der Waals surface area contributed by atoms with Crippen molar-refractivity contribution in [2.75, 3.05) is 13.7 Å². The van der Waals surface area contributed by atoms with Crippen LogP contribution in [-0.2, 0) is 9.47 Å². The van der Waals surface area contributed by atoms with Gasteiger partial charge in [-0.3, -0.25) is 0 Å². The smallest absolute Gasteiger partial charge is 0.282 e. The summed E-state index contributed by atoms with van der Waals surface area (Å²) in [4.78, 5) is 4.38. The Kier molecular flexibility index (Phi) is 2.15. The van der Waals surface area contributed by atoms with Gasteiger partial charge in [-0.2, -0.15) is 0 Å². The standard InChI is InChI=1S/C9H16N2O2/c1-12-7-4-2-3-5-9(7)6-13-8(10)11-9/h7H,2-6H2,1H3,(H2,10,11). The molecule has 0 aromatic rings. The van der Waals surface area contributed by atoms with E-state index in [0.29, 0.717) is 12.6 Å². The Hall–Kier alpha value is -0.770. The Morgan fingerprint density at radius 3 is 3.08 bits per heavy atom. The highest BCUT2D eigenvalue weighted by Gasteiger charge is 2.45. The summed E-state index contributed by atoms with van der Waals surface area (Å²) in [5.41, 5.74) is 5.36. The van der Waals surface area contributed by atoms with Gasteiger partial charge in [0.1, 0.15) is 12.1 Å². The Labute approximate surface area is 78.1 Å². The van der Waals surface area contributed by atoms with Crippen molar-refractivity contribution in [2.24, 2.45) is 10.7 Å². The molecule has 4 heteroatoms. The van der Waals surface area contributed by atoms with Crippen LogP contribution in [-0.4, -0.2) is 31.4 Å². The van der Waals surface area contributed by atoms with E-state index in [1.54, 1.807) is 7.11 Å². The first kappa shape index (κ1) is 8.81. The van der Waals surface area contributed by atoms with Gasteiger partial charge in [0, 0.05) is 7.11 Å². The fraction of sp³-hybridized carbons (Fsp3) is 0.889. The largest absolute Gasteiger partial charge is 0.463 e. The average molecular weight is 184 g/mol. The second-order valence-electron chi connectivity index (χ2n) is 3.81. The summed E-state index contributed by atoms with van der Waals surface area (Å²) in [6.07, 6.45) is 4.70. The van der Waals surface area contributed by atoms with Gasteiger partial charge in [0.15, 0.2) is 0 Å². The van der Waals surface area contributed by atoms with Gasteiger partial charge in [-0.1, -0.05) is 12.8 Å². The highest BCUT2D eigenvalue weighted by atomic mass is 16.5. The molecule has 0 aromatic heterocycles. The lowest BCUT2D eigenvalue weighted by Gasteiger charge is -2.35. The van der Waals surface area contributed by atoms with E-state index >= 15 is 0 Å². The summed E-state index contributed by atoms with van der Waals surface area (Å²) >= 11 is 0. The number of amidine groups is 1. The molecule has 0 bridgehead atoms. The number of hydrogen-bond acceptors (Lipinski definition) is 4. The minimum Gasteiger partial charge on any atom is -0.463 e. The zero-order valence-electron chi connectivity index (χ0n) is 7.95. The molecule has 0 aromatic carbocycles. The van der Waals surface area contributed by atoms with E-state index in [2.05, 4.69) is 4.99 Å². The maximum atomic E-state index is 5.53. The van der Waals surface area contributed by atoms with Gasteiger partial charge in [-0.15, -0.1) is 0 Å². The van der Waals surface area contributed by atoms with Gasteiger partial charge in [0.25, 0.3) is 6.02 Å². The fourth-order valence-electron chi connectivity index (χ4n) is 2.30. The molecule has 74 valence electrons. The molecule has 1 saturated carbocycles. The second kappa shape index (κ2) is 3.18. The monoisotopic (exact) mass is 184 g/mol. The highest BCUT2D eigenvalue weighted by Crippen LogP contribution is 2.36. The van der Waals surface area contributed by atoms with Crippen molar-refractivity contribution >= 4 is 6.02 Å². The number of methoxy groups -OCH3 is 1. The van der Waals surface area contributed by atoms with Gasteiger partial charge in [-0.25, -0.2) is 4.99 Å². The molecule has 2 rings (SSSR count). The van der Waals surface area contributed by atoms with Crippen LogP contribution in [0.2, 0.25) is 0 Å². The molecule has 2 unspecified atom stereocenters. The van der Waals surface area contributed by atoms with Crippen LogP contribution in [0.25, 0.3) is 0 Å². The molecule has 0 saturated heterocycles. The summed E-state index contributed by atoms with van der Waals surface area (Å²) in [7, 11) is 1.74. The average Bonchev–Trinajstić information content (AvgIpc) is 2.49. The van der Waals surface area contributed by atoms with Crippen LogP contribution in [0, 0.1) is 0 Å². The molecular formula is C9H16N2O2. The predicted molar refractivity (Wildman–Crippen MR) is 49.6 cm³/mol. The lowest BCUT2D eigenvalue weighted by Crippen LogP contribution is -2.45. The molecule has 2 N–H and O–H groups in total. The van der Waals surface area contributed by atoms with Gasteiger partial charge < -0.3 is 15.2 Å². The van der Waals surface area contributed by atoms with E-state index in [4.69, 9.17) is 15.2 Å². The number of nitrogens with zero attached hydrogens (tertiary/aromatic N) is 1. The quantitative estimate of drug-likeness (QED) is 0.651. The van der Waals surface area contributed by atoms with E-state index < -0.39 is 0 Å². The molecule has 2 aliphatic rings. The predicted octanol–water partition coefficient (Wildman–Crippen LogP) is 0.659. The molecule has 4 nitrogen and oxygen atoms in total. The molecule has 1 spiro atoms. The van der Waals surface area contributed by atoms with Gasteiger partial charge in [-0.05, 0) is 12.8 Å². The number of hydrogen-bond donors (Lipinski definition) is 1. The molecular weight excluding hydrogens is 168 g/mol. The van der Waals surface area contributed by atoms with Crippen LogP contribution in [0.1, 0.15) is 25.7 Å². The van der Waals surface area contributed by atoms with Crippen molar-refractivity contribution in [3.63, 3.8) is 0 Å². The zero-order chi connectivity index (χ0) is 9.31. The third kappa shape index (κ3) is 1.39. The van der Waals surface area contributed by atoms with Crippen LogP contribution < -0.4 is 5.73 Å². The van der Waals surface area contributed by atoms with Gasteiger partial charge >= 0.3 is 0 Å². The van der Waals surface area contributed by atoms with E-state index in [1.807, 2.05) is 0 Å². The first-order valence-corrected chi connectivity index (χ1v) is 4.78. The Bertz CT molecular complexity index is 230. The van der Waals surface area contributed by atoms with Crippen LogP contribution in [0.4, 0.5) is 0 Å². The van der Waals surface area contributed by atoms with E-state index in [-0.39, 0.29) is 11.6 Å². The zero-order valence-corrected chi connectivity index (χ0v) is 7.95. The van der Waals surface area contributed by atoms with Crippen LogP contribution in [0.3, 0.4) is 0 Å². The Balaban J connectivity index is 2.18. The van der Waals surface area contributed by atoms with Crippen LogP contribution in [0.15, 0.2) is 4.99 Å². The topological polar surface area (TPSA) is 56.8 Å². The molecule has 1 heterocycles. The number of rotatable bonds is 1. The normalized spacial score (nSPS) is 38.8. The van der Waals surface area contributed by atoms with Crippen molar-refractivity contribution in [3.05, 3.63) is 0 Å². The maximum Gasteiger partial charge on any atom is 0.282 e. The van der Waals surface area contributed by atoms with Crippen molar-refractivity contribution in [3.8, 4) is 0 Å². The third-order valence-corrected chi connectivity index (χ3v) is 3.01. The summed E-state index contributed by atoms with van der Waals surface area (Å²) in [5, 5.41) is 0. The lowest BCUT2D eigenvalue weighted by atomic mass is 9.80. The Morgan fingerprint density at radius 1 is 1.62 bits per heavy atom. The van der Waals surface area contributed by atoms with Gasteiger partial charge in [0.05, 0.1) is 6.10 Å². The summed E-state index contributed by atoms with van der Waals surface area (Å²) in [6.45, 7) is 0.595. The van der Waals surface area contributed by atoms with Crippen molar-refractivity contribution in [2.45, 2.75) is 37.3 Å². The lowest BCUT2D eigenvalue weighted by molar-refractivity contribution is -0.00307. The molecule has 1 aliphatic carbocycles. The molecule has 1 aliphatic heterocycles. The Morgan fingerprint density at radius 2 is 2.46 bits per heavy atom. The SMILES string of the molecule is COC1CCCCC12COC(N)=N2. The molecule has 2 atom stereocenters. The number of aliphatic imine (C=N–C) groups is 1. The summed E-state index contributed by atoms with van der Waals surface area (Å²) in [6, 6.07) is 0.323. The minimum absolute atomic E-state index is 0.170. The second-order valence-corrected chi connectivity index (χ2v) is 3.81. The van der Waals surface area contributed by atoms with Gasteiger partial charge in [0.2, 0.25) is 0 Å². The number of nitrogens with two attached hydrogens (primary N) is 1. The molecule has 0 radical (unpaired) electrons. The first-order valence-electron chi connectivity index (χ1n) is 4.78. The van der Waals surface area contributed by atoms with E-state index in [0.717, 1.165) is 12.8 Å². The summed E-state index contributed by atoms with van der Waals surface area (Å²) < 4.78 is 10.7. The number of ether oxygens (including phenoxy) is 2. The van der Waals surface area contributed by atoms with Crippen molar-refractivity contribution in [1.29, 1.82) is 0 Å². The van der Waals surface area contributed by atoms with Crippen molar-refractivity contribution < 1.29 is 9.47 Å². The third-order valence-electron chi connectivity index (χ3n) is 3.01. The molecule has 13 heavy (non-hydrogen) atoms. The molecule has 1 fully saturated rings. The van der Waals surface area contributed by atoms with Crippen LogP contribution in [0.5, 0.6) is 0 Å². The minimum atomic E-state index is -0.170. The summed E-state index contributed by atoms with van der Waals surface area (Å²) in [5.74, 6) is 0.